The zero-order chi connectivity index (χ0) is 58.6. The van der Waals surface area contributed by atoms with Crippen molar-refractivity contribution in [3.63, 3.8) is 0 Å². The van der Waals surface area contributed by atoms with Gasteiger partial charge in [-0.3, -0.25) is 18.6 Å². The molecule has 0 saturated carbocycles. The highest BCUT2D eigenvalue weighted by atomic mass is 31.2. The molecule has 470 valence electrons. The molecule has 10 heteroatoms. The number of rotatable bonds is 63. The lowest BCUT2D eigenvalue weighted by Crippen LogP contribution is -2.47. The monoisotopic (exact) mass is 1150 g/mol. The van der Waals surface area contributed by atoms with Gasteiger partial charge in [-0.15, -0.1) is 0 Å². The van der Waals surface area contributed by atoms with Gasteiger partial charge in [0.2, 0.25) is 5.91 Å². The molecule has 80 heavy (non-hydrogen) atoms. The molecule has 0 heterocycles. The van der Waals surface area contributed by atoms with Crippen LogP contribution in [0, 0.1) is 0 Å². The van der Waals surface area contributed by atoms with Crippen LogP contribution in [-0.2, 0) is 27.9 Å². The third kappa shape index (κ3) is 60.6. The fourth-order valence-corrected chi connectivity index (χ4v) is 10.9. The summed E-state index contributed by atoms with van der Waals surface area (Å²) in [5.74, 6) is -0.522. The van der Waals surface area contributed by atoms with E-state index in [0.717, 1.165) is 64.2 Å². The smallest absolute Gasteiger partial charge is 0.456 e. The van der Waals surface area contributed by atoms with Crippen LogP contribution in [0.2, 0.25) is 0 Å². The summed E-state index contributed by atoms with van der Waals surface area (Å²) in [4.78, 5) is 37.8. The maximum Gasteiger partial charge on any atom is 0.472 e. The molecule has 2 N–H and O–H groups in total. The molecule has 0 aliphatic rings. The van der Waals surface area contributed by atoms with Crippen molar-refractivity contribution in [1.82, 2.24) is 5.32 Å². The number of nitrogens with one attached hydrogen (secondary N) is 1. The fourth-order valence-electron chi connectivity index (χ4n) is 10.2. The van der Waals surface area contributed by atoms with Crippen molar-refractivity contribution in [3.8, 4) is 0 Å². The van der Waals surface area contributed by atoms with Gasteiger partial charge in [-0.1, -0.05) is 288 Å². The molecule has 0 spiro atoms. The highest BCUT2D eigenvalue weighted by Crippen LogP contribution is 2.43. The summed E-state index contributed by atoms with van der Waals surface area (Å²) in [7, 11) is 1.49. The Balaban J connectivity index is 5.11. The second-order valence-electron chi connectivity index (χ2n) is 24.7. The normalized spacial score (nSPS) is 13.8. The van der Waals surface area contributed by atoms with Gasteiger partial charge in [0, 0.05) is 12.8 Å². The molecule has 0 radical (unpaired) electrons. The summed E-state index contributed by atoms with van der Waals surface area (Å²) in [6.07, 6.45) is 75.5. The lowest BCUT2D eigenvalue weighted by atomic mass is 10.0. The Morgan fingerprint density at radius 2 is 0.762 bits per heavy atom. The van der Waals surface area contributed by atoms with Gasteiger partial charge >= 0.3 is 13.8 Å². The van der Waals surface area contributed by atoms with Crippen molar-refractivity contribution in [2.45, 2.75) is 348 Å². The van der Waals surface area contributed by atoms with Gasteiger partial charge in [-0.2, -0.15) is 0 Å². The largest absolute Gasteiger partial charge is 0.472 e. The predicted molar refractivity (Wildman–Crippen MR) is 346 cm³/mol. The molecule has 3 atom stereocenters. The van der Waals surface area contributed by atoms with E-state index in [0.29, 0.717) is 23.9 Å². The van der Waals surface area contributed by atoms with Gasteiger partial charge in [-0.05, 0) is 83.1 Å². The standard InChI is InChI=1S/C70H133N2O7P/c1-7-10-13-16-19-22-25-28-30-32-33-34-35-36-37-38-39-40-42-45-48-51-54-57-60-63-70(74)79-68(61-58-55-52-49-46-43-27-24-21-18-15-12-9-3)67(66-78-80(75,76)77-65-64-72(4,5)6)71-69(73)62-59-56-53-50-47-44-41-31-29-26-23-20-17-14-11-8-2/h28,30-31,41,44,47,58,61,67-68H,7-27,29,32-40,42-43,45-46,48-57,59-60,62-66H2,1-6H3,(H-,71,73,75,76)/p+1/b30-28+,41-31+,47-44+,61-58-. The van der Waals surface area contributed by atoms with Crippen molar-refractivity contribution < 1.29 is 37.3 Å². The number of phosphoric ester groups is 1. The van der Waals surface area contributed by atoms with Crippen molar-refractivity contribution in [3.05, 3.63) is 48.6 Å². The maximum atomic E-state index is 13.6. The van der Waals surface area contributed by atoms with Crippen LogP contribution in [0.15, 0.2) is 48.6 Å². The molecular weight excluding hydrogens is 1010 g/mol. The first-order valence-electron chi connectivity index (χ1n) is 34.5. The molecule has 3 unspecified atom stereocenters. The van der Waals surface area contributed by atoms with Crippen LogP contribution in [-0.4, -0.2) is 74.3 Å². The lowest BCUT2D eigenvalue weighted by molar-refractivity contribution is -0.870. The number of phosphoric acid groups is 1. The molecule has 0 fully saturated rings. The molecule has 0 aliphatic carbocycles. The summed E-state index contributed by atoms with van der Waals surface area (Å²) in [5, 5.41) is 3.05. The highest BCUT2D eigenvalue weighted by Gasteiger charge is 2.30. The molecule has 0 aromatic rings. The number of esters is 1. The van der Waals surface area contributed by atoms with Gasteiger partial charge < -0.3 is 19.4 Å². The molecule has 0 aromatic heterocycles. The number of likely N-dealkylation sites (N-methyl/N-ethyl adjacent to an activating group) is 1. The summed E-state index contributed by atoms with van der Waals surface area (Å²) < 4.78 is 30.8. The highest BCUT2D eigenvalue weighted by molar-refractivity contribution is 7.47. The van der Waals surface area contributed by atoms with E-state index in [1.54, 1.807) is 0 Å². The molecule has 9 nitrogen and oxygen atoms in total. The number of hydrogen-bond donors (Lipinski definition) is 2. The van der Waals surface area contributed by atoms with Crippen molar-refractivity contribution in [2.75, 3.05) is 40.9 Å². The minimum atomic E-state index is -4.46. The zero-order valence-electron chi connectivity index (χ0n) is 53.8. The van der Waals surface area contributed by atoms with E-state index in [4.69, 9.17) is 13.8 Å². The van der Waals surface area contributed by atoms with E-state index in [-0.39, 0.29) is 31.5 Å². The SMILES string of the molecule is CCCCCCCC/C=C/CCCCCCCCCCCCCCCCCC(=O)OC(/C=C\CCCCCCCCCCCCC)C(COP(=O)(O)OCC[N+](C)(C)C)NC(=O)CCCCC/C=C/C=C/CCCCCCCCC. The van der Waals surface area contributed by atoms with Gasteiger partial charge in [0.05, 0.1) is 33.8 Å². The number of carbonyl (C=O) groups excluding carboxylic acids is 2. The van der Waals surface area contributed by atoms with E-state index in [2.05, 4.69) is 62.5 Å². The Morgan fingerprint density at radius 3 is 1.15 bits per heavy atom. The summed E-state index contributed by atoms with van der Waals surface area (Å²) >= 11 is 0. The van der Waals surface area contributed by atoms with Crippen LogP contribution in [0.5, 0.6) is 0 Å². The van der Waals surface area contributed by atoms with Crippen molar-refractivity contribution >= 4 is 19.7 Å². The molecule has 0 bridgehead atoms. The molecule has 1 amide bonds. The number of ether oxygens (including phenoxy) is 1. The third-order valence-electron chi connectivity index (χ3n) is 15.5. The number of carbonyl (C=O) groups is 2. The van der Waals surface area contributed by atoms with Crippen LogP contribution >= 0.6 is 7.82 Å². The third-order valence-corrected chi connectivity index (χ3v) is 16.5. The Labute approximate surface area is 497 Å². The lowest BCUT2D eigenvalue weighted by Gasteiger charge is -2.27. The van der Waals surface area contributed by atoms with E-state index >= 15 is 0 Å². The van der Waals surface area contributed by atoms with Gasteiger partial charge in [0.15, 0.2) is 0 Å². The number of quaternary nitrogens is 1. The average molecular weight is 1150 g/mol. The summed E-state index contributed by atoms with van der Waals surface area (Å²) in [6.45, 7) is 7.02. The fraction of sp³-hybridized carbons (Fsp3) is 0.857. The zero-order valence-corrected chi connectivity index (χ0v) is 54.7. The Hall–Kier alpha value is -2.03. The minimum absolute atomic E-state index is 0.0363. The summed E-state index contributed by atoms with van der Waals surface area (Å²) in [5.41, 5.74) is 0. The van der Waals surface area contributed by atoms with Crippen LogP contribution < -0.4 is 5.32 Å². The first kappa shape index (κ1) is 78.0. The van der Waals surface area contributed by atoms with E-state index in [9.17, 15) is 19.0 Å². The predicted octanol–water partition coefficient (Wildman–Crippen LogP) is 21.6. The van der Waals surface area contributed by atoms with Crippen LogP contribution in [0.3, 0.4) is 0 Å². The average Bonchev–Trinajstić information content (AvgIpc) is 3.42. The van der Waals surface area contributed by atoms with Crippen LogP contribution in [0.4, 0.5) is 0 Å². The van der Waals surface area contributed by atoms with E-state index < -0.39 is 20.0 Å². The molecular formula is C70H134N2O7P+. The molecule has 0 saturated heterocycles. The Kier molecular flexibility index (Phi) is 58.6. The number of hydrogen-bond acceptors (Lipinski definition) is 6. The minimum Gasteiger partial charge on any atom is -0.456 e. The maximum absolute atomic E-state index is 13.6. The van der Waals surface area contributed by atoms with Gasteiger partial charge in [-0.25, -0.2) is 4.57 Å². The number of amides is 1. The second kappa shape index (κ2) is 60.1. The number of unbranched alkanes of at least 4 members (excludes halogenated alkanes) is 42. The topological polar surface area (TPSA) is 111 Å². The van der Waals surface area contributed by atoms with E-state index in [1.807, 2.05) is 33.3 Å². The van der Waals surface area contributed by atoms with Gasteiger partial charge in [0.25, 0.3) is 0 Å². The first-order valence-corrected chi connectivity index (χ1v) is 36.0. The Morgan fingerprint density at radius 1 is 0.438 bits per heavy atom. The van der Waals surface area contributed by atoms with Crippen LogP contribution in [0.1, 0.15) is 335 Å². The number of nitrogens with zero attached hydrogens (tertiary/aromatic N) is 1. The van der Waals surface area contributed by atoms with Gasteiger partial charge in [0.1, 0.15) is 19.3 Å². The van der Waals surface area contributed by atoms with Crippen molar-refractivity contribution in [2.24, 2.45) is 0 Å². The second-order valence-corrected chi connectivity index (χ2v) is 26.2. The number of allylic oxidation sites excluding steroid dienone is 7. The van der Waals surface area contributed by atoms with Crippen molar-refractivity contribution in [1.29, 1.82) is 0 Å². The van der Waals surface area contributed by atoms with E-state index in [1.165, 1.54) is 231 Å². The molecule has 0 aromatic carbocycles. The molecule has 0 rings (SSSR count). The first-order chi connectivity index (χ1) is 38.9. The quantitative estimate of drug-likeness (QED) is 0.0156. The molecule has 0 aliphatic heterocycles. The van der Waals surface area contributed by atoms with Crippen LogP contribution in [0.25, 0.3) is 0 Å². The summed E-state index contributed by atoms with van der Waals surface area (Å²) in [6, 6.07) is -0.861. The Bertz CT molecular complexity index is 1510.